The number of aliphatic hydroxyl groups excluding tert-OH is 1. The average Bonchev–Trinajstić information content (AvgIpc) is 2.28. The Labute approximate surface area is 97.2 Å². The van der Waals surface area contributed by atoms with E-state index < -0.39 is 11.7 Å². The Hall–Kier alpha value is -1.27. The molecule has 0 saturated carbocycles. The summed E-state index contributed by atoms with van der Waals surface area (Å²) in [4.78, 5) is 0. The molecule has 0 radical (unpaired) electrons. The van der Waals surface area contributed by atoms with E-state index >= 15 is 0 Å². The van der Waals surface area contributed by atoms with E-state index in [2.05, 4.69) is 5.32 Å². The molecule has 1 rings (SSSR count). The van der Waals surface area contributed by atoms with Crippen molar-refractivity contribution in [3.8, 4) is 5.75 Å². The van der Waals surface area contributed by atoms with Gasteiger partial charge in [-0.3, -0.25) is 0 Å². The van der Waals surface area contributed by atoms with Crippen LogP contribution in [0.3, 0.4) is 0 Å². The van der Waals surface area contributed by atoms with Crippen molar-refractivity contribution >= 4 is 0 Å². The number of alkyl halides is 3. The van der Waals surface area contributed by atoms with Gasteiger partial charge in [-0.1, -0.05) is 6.07 Å². The molecule has 1 aromatic rings. The Bertz CT molecular complexity index is 342. The molecule has 0 heterocycles. The molecule has 0 atom stereocenters. The maximum absolute atomic E-state index is 12.4. The van der Waals surface area contributed by atoms with Crippen molar-refractivity contribution in [2.24, 2.45) is 0 Å². The van der Waals surface area contributed by atoms with E-state index in [-0.39, 0.29) is 19.0 Å². The zero-order valence-corrected chi connectivity index (χ0v) is 9.13. The molecule has 0 saturated heterocycles. The standard InChI is InChI=1S/C11H14F3NO2/c12-11(13,14)9-2-1-3-10(8-9)17-7-5-15-4-6-16/h1-3,8,15-16H,4-7H2. The summed E-state index contributed by atoms with van der Waals surface area (Å²) in [5.41, 5.74) is -0.724. The van der Waals surface area contributed by atoms with E-state index in [1.807, 2.05) is 0 Å². The minimum atomic E-state index is -4.35. The van der Waals surface area contributed by atoms with Crippen LogP contribution in [0.1, 0.15) is 5.56 Å². The summed E-state index contributed by atoms with van der Waals surface area (Å²) in [6, 6.07) is 4.74. The molecule has 6 heteroatoms. The van der Waals surface area contributed by atoms with E-state index in [4.69, 9.17) is 9.84 Å². The topological polar surface area (TPSA) is 41.5 Å². The van der Waals surface area contributed by atoms with Gasteiger partial charge < -0.3 is 15.2 Å². The van der Waals surface area contributed by atoms with Gasteiger partial charge in [-0.2, -0.15) is 13.2 Å². The van der Waals surface area contributed by atoms with Crippen molar-refractivity contribution in [1.82, 2.24) is 5.32 Å². The number of nitrogens with one attached hydrogen (secondary N) is 1. The zero-order chi connectivity index (χ0) is 12.7. The largest absolute Gasteiger partial charge is 0.492 e. The van der Waals surface area contributed by atoms with Gasteiger partial charge in [0.05, 0.1) is 12.2 Å². The van der Waals surface area contributed by atoms with Crippen molar-refractivity contribution in [3.05, 3.63) is 29.8 Å². The molecule has 0 spiro atoms. The summed E-state index contributed by atoms with van der Waals surface area (Å²) < 4.78 is 42.2. The lowest BCUT2D eigenvalue weighted by Crippen LogP contribution is -2.24. The summed E-state index contributed by atoms with van der Waals surface area (Å²) in [7, 11) is 0. The lowest BCUT2D eigenvalue weighted by atomic mass is 10.2. The van der Waals surface area contributed by atoms with Crippen molar-refractivity contribution in [2.45, 2.75) is 6.18 Å². The number of ether oxygens (including phenoxy) is 1. The number of hydrogen-bond donors (Lipinski definition) is 2. The Kier molecular flexibility index (Phi) is 5.24. The molecule has 0 aliphatic carbocycles. The van der Waals surface area contributed by atoms with Gasteiger partial charge in [-0.15, -0.1) is 0 Å². The third-order valence-electron chi connectivity index (χ3n) is 2.00. The highest BCUT2D eigenvalue weighted by atomic mass is 19.4. The predicted octanol–water partition coefficient (Wildman–Crippen LogP) is 1.67. The van der Waals surface area contributed by atoms with Gasteiger partial charge in [0, 0.05) is 13.1 Å². The maximum Gasteiger partial charge on any atom is 0.416 e. The molecule has 2 N–H and O–H groups in total. The SMILES string of the molecule is OCCNCCOc1cccc(C(F)(F)F)c1. The summed E-state index contributed by atoms with van der Waals surface area (Å²) in [6.45, 7) is 1.17. The van der Waals surface area contributed by atoms with Gasteiger partial charge >= 0.3 is 6.18 Å². The molecule has 0 aliphatic heterocycles. The van der Waals surface area contributed by atoms with Gasteiger partial charge in [0.15, 0.2) is 0 Å². The molecular weight excluding hydrogens is 235 g/mol. The number of halogens is 3. The summed E-state index contributed by atoms with van der Waals surface area (Å²) in [6.07, 6.45) is -4.35. The van der Waals surface area contributed by atoms with Gasteiger partial charge in [-0.25, -0.2) is 0 Å². The molecule has 3 nitrogen and oxygen atoms in total. The molecule has 0 aliphatic rings. The normalized spacial score (nSPS) is 11.5. The molecule has 0 aromatic heterocycles. The number of benzene rings is 1. The fourth-order valence-electron chi connectivity index (χ4n) is 1.21. The molecular formula is C11H14F3NO2. The smallest absolute Gasteiger partial charge is 0.416 e. The second-order valence-corrected chi connectivity index (χ2v) is 3.35. The van der Waals surface area contributed by atoms with Gasteiger partial charge in [-0.05, 0) is 18.2 Å². The minimum absolute atomic E-state index is 0.0174. The first-order valence-electron chi connectivity index (χ1n) is 5.15. The first kappa shape index (κ1) is 13.8. The lowest BCUT2D eigenvalue weighted by molar-refractivity contribution is -0.137. The molecule has 96 valence electrons. The van der Waals surface area contributed by atoms with Crippen molar-refractivity contribution < 1.29 is 23.0 Å². The molecule has 0 amide bonds. The highest BCUT2D eigenvalue weighted by Crippen LogP contribution is 2.31. The second kappa shape index (κ2) is 6.46. The lowest BCUT2D eigenvalue weighted by Gasteiger charge is -2.10. The molecule has 17 heavy (non-hydrogen) atoms. The molecule has 0 unspecified atom stereocenters. The summed E-state index contributed by atoms with van der Waals surface area (Å²) in [5.74, 6) is 0.186. The summed E-state index contributed by atoms with van der Waals surface area (Å²) in [5, 5.41) is 11.3. The van der Waals surface area contributed by atoms with Crippen LogP contribution in [0.5, 0.6) is 5.75 Å². The van der Waals surface area contributed by atoms with Crippen LogP contribution >= 0.6 is 0 Å². The zero-order valence-electron chi connectivity index (χ0n) is 9.13. The van der Waals surface area contributed by atoms with E-state index in [0.717, 1.165) is 12.1 Å². The van der Waals surface area contributed by atoms with E-state index in [1.165, 1.54) is 12.1 Å². The Morgan fingerprint density at radius 1 is 1.24 bits per heavy atom. The number of rotatable bonds is 6. The fraction of sp³-hybridized carbons (Fsp3) is 0.455. The maximum atomic E-state index is 12.4. The van der Waals surface area contributed by atoms with Gasteiger partial charge in [0.25, 0.3) is 0 Å². The predicted molar refractivity (Wildman–Crippen MR) is 56.9 cm³/mol. The third kappa shape index (κ3) is 5.06. The van der Waals surface area contributed by atoms with E-state index in [0.29, 0.717) is 13.1 Å². The van der Waals surface area contributed by atoms with Crippen LogP contribution in [0.4, 0.5) is 13.2 Å². The molecule has 1 aromatic carbocycles. The van der Waals surface area contributed by atoms with Crippen LogP contribution in [0.25, 0.3) is 0 Å². The Morgan fingerprint density at radius 2 is 2.00 bits per heavy atom. The first-order chi connectivity index (χ1) is 8.04. The molecule has 0 bridgehead atoms. The Morgan fingerprint density at radius 3 is 2.65 bits per heavy atom. The minimum Gasteiger partial charge on any atom is -0.492 e. The molecule has 0 fully saturated rings. The van der Waals surface area contributed by atoms with Crippen molar-refractivity contribution in [1.29, 1.82) is 0 Å². The highest BCUT2D eigenvalue weighted by Gasteiger charge is 2.30. The van der Waals surface area contributed by atoms with Crippen LogP contribution in [0.15, 0.2) is 24.3 Å². The van der Waals surface area contributed by atoms with E-state index in [9.17, 15) is 13.2 Å². The van der Waals surface area contributed by atoms with Crippen LogP contribution in [-0.4, -0.2) is 31.4 Å². The number of aliphatic hydroxyl groups is 1. The average molecular weight is 249 g/mol. The highest BCUT2D eigenvalue weighted by molar-refractivity contribution is 5.30. The van der Waals surface area contributed by atoms with Crippen molar-refractivity contribution in [2.75, 3.05) is 26.3 Å². The van der Waals surface area contributed by atoms with Crippen LogP contribution in [-0.2, 0) is 6.18 Å². The van der Waals surface area contributed by atoms with E-state index in [1.54, 1.807) is 0 Å². The van der Waals surface area contributed by atoms with Gasteiger partial charge in [0.1, 0.15) is 12.4 Å². The van der Waals surface area contributed by atoms with Gasteiger partial charge in [0.2, 0.25) is 0 Å². The van der Waals surface area contributed by atoms with Crippen LogP contribution in [0.2, 0.25) is 0 Å². The third-order valence-corrected chi connectivity index (χ3v) is 2.00. The van der Waals surface area contributed by atoms with Crippen molar-refractivity contribution in [3.63, 3.8) is 0 Å². The van der Waals surface area contributed by atoms with Crippen LogP contribution < -0.4 is 10.1 Å². The first-order valence-corrected chi connectivity index (χ1v) is 5.15. The fourth-order valence-corrected chi connectivity index (χ4v) is 1.21. The monoisotopic (exact) mass is 249 g/mol. The summed E-state index contributed by atoms with van der Waals surface area (Å²) >= 11 is 0. The van der Waals surface area contributed by atoms with Crippen LogP contribution in [0, 0.1) is 0 Å². The Balaban J connectivity index is 2.44. The second-order valence-electron chi connectivity index (χ2n) is 3.35. The quantitative estimate of drug-likeness (QED) is 0.753. The number of hydrogen-bond acceptors (Lipinski definition) is 3.